The molecule has 0 aromatic heterocycles. The van der Waals surface area contributed by atoms with Gasteiger partial charge in [-0.25, -0.2) is 0 Å². The molecular weight excluding hydrogens is 252 g/mol. The van der Waals surface area contributed by atoms with E-state index < -0.39 is 10.2 Å². The van der Waals surface area contributed by atoms with Crippen LogP contribution >= 0.6 is 0 Å². The smallest absolute Gasteiger partial charge is 0.282 e. The molecule has 0 bridgehead atoms. The summed E-state index contributed by atoms with van der Waals surface area (Å²) in [5, 5.41) is 0. The number of nitrogens with zero attached hydrogens (tertiary/aromatic N) is 2. The van der Waals surface area contributed by atoms with Crippen molar-refractivity contribution in [3.05, 3.63) is 0 Å². The average Bonchev–Trinajstić information content (AvgIpc) is 2.39. The molecule has 6 heteroatoms. The Morgan fingerprint density at radius 3 is 2.56 bits per heavy atom. The van der Waals surface area contributed by atoms with Crippen molar-refractivity contribution in [3.63, 3.8) is 0 Å². The van der Waals surface area contributed by atoms with Gasteiger partial charge in [-0.05, 0) is 12.8 Å². The number of rotatable bonds is 4. The molecule has 1 saturated carbocycles. The molecule has 0 aromatic rings. The standard InChI is InChI=1S/C12H24N2O3S/c1-3-13(4-2)18(15,16)14-9-10-17-12-8-6-5-7-11(12)14/h11-12H,3-10H2,1-2H3/t11-,12-/m1/s1. The maximum atomic E-state index is 12.6. The molecule has 2 fully saturated rings. The van der Waals surface area contributed by atoms with Crippen molar-refractivity contribution in [1.29, 1.82) is 0 Å². The van der Waals surface area contributed by atoms with Gasteiger partial charge in [0, 0.05) is 19.6 Å². The van der Waals surface area contributed by atoms with Gasteiger partial charge in [-0.3, -0.25) is 0 Å². The van der Waals surface area contributed by atoms with Crippen LogP contribution in [-0.2, 0) is 14.9 Å². The molecule has 0 spiro atoms. The fourth-order valence-corrected chi connectivity index (χ4v) is 4.88. The third kappa shape index (κ3) is 2.57. The average molecular weight is 276 g/mol. The molecule has 0 aromatic carbocycles. The summed E-state index contributed by atoms with van der Waals surface area (Å²) in [5.41, 5.74) is 0. The number of hydrogen-bond donors (Lipinski definition) is 0. The van der Waals surface area contributed by atoms with Crippen LogP contribution in [0, 0.1) is 0 Å². The minimum Gasteiger partial charge on any atom is -0.375 e. The molecule has 106 valence electrons. The Hall–Kier alpha value is -0.170. The van der Waals surface area contributed by atoms with Crippen molar-refractivity contribution in [2.75, 3.05) is 26.2 Å². The van der Waals surface area contributed by atoms with E-state index in [0.29, 0.717) is 26.2 Å². The van der Waals surface area contributed by atoms with E-state index in [1.54, 1.807) is 8.61 Å². The third-order valence-electron chi connectivity index (χ3n) is 4.01. The molecule has 0 radical (unpaired) electrons. The summed E-state index contributed by atoms with van der Waals surface area (Å²) in [6.45, 7) is 5.88. The number of morpholine rings is 1. The maximum absolute atomic E-state index is 12.6. The zero-order valence-corrected chi connectivity index (χ0v) is 12.2. The summed E-state index contributed by atoms with van der Waals surface area (Å²) in [6.07, 6.45) is 4.30. The van der Waals surface area contributed by atoms with E-state index in [0.717, 1.165) is 25.7 Å². The van der Waals surface area contributed by atoms with Crippen molar-refractivity contribution in [1.82, 2.24) is 8.61 Å². The highest BCUT2D eigenvalue weighted by atomic mass is 32.2. The molecule has 1 aliphatic carbocycles. The summed E-state index contributed by atoms with van der Waals surface area (Å²) >= 11 is 0. The molecule has 0 amide bonds. The molecule has 1 aliphatic heterocycles. The van der Waals surface area contributed by atoms with Crippen molar-refractivity contribution in [3.8, 4) is 0 Å². The summed E-state index contributed by atoms with van der Waals surface area (Å²) in [6, 6.07) is 0.0538. The minimum atomic E-state index is -3.31. The molecule has 5 nitrogen and oxygen atoms in total. The van der Waals surface area contributed by atoms with Gasteiger partial charge in [-0.2, -0.15) is 17.0 Å². The fraction of sp³-hybridized carbons (Fsp3) is 1.00. The summed E-state index contributed by atoms with van der Waals surface area (Å²) < 4.78 is 34.2. The minimum absolute atomic E-state index is 0.0538. The first-order valence-corrected chi connectivity index (χ1v) is 8.39. The van der Waals surface area contributed by atoms with E-state index in [9.17, 15) is 8.42 Å². The lowest BCUT2D eigenvalue weighted by atomic mass is 9.91. The topological polar surface area (TPSA) is 49.9 Å². The van der Waals surface area contributed by atoms with Crippen LogP contribution in [0.5, 0.6) is 0 Å². The molecule has 0 unspecified atom stereocenters. The lowest BCUT2D eigenvalue weighted by Crippen LogP contribution is -2.58. The lowest BCUT2D eigenvalue weighted by Gasteiger charge is -2.44. The van der Waals surface area contributed by atoms with Gasteiger partial charge in [-0.1, -0.05) is 26.7 Å². The molecule has 2 aliphatic rings. The van der Waals surface area contributed by atoms with E-state index in [-0.39, 0.29) is 12.1 Å². The number of hydrogen-bond acceptors (Lipinski definition) is 3. The molecule has 2 atom stereocenters. The van der Waals surface area contributed by atoms with Crippen LogP contribution in [0.15, 0.2) is 0 Å². The van der Waals surface area contributed by atoms with Gasteiger partial charge < -0.3 is 4.74 Å². The predicted molar refractivity (Wildman–Crippen MR) is 70.5 cm³/mol. The molecular formula is C12H24N2O3S. The zero-order valence-electron chi connectivity index (χ0n) is 11.3. The summed E-state index contributed by atoms with van der Waals surface area (Å²) in [7, 11) is -3.31. The van der Waals surface area contributed by atoms with Crippen molar-refractivity contribution >= 4 is 10.2 Å². The molecule has 1 heterocycles. The van der Waals surface area contributed by atoms with Gasteiger partial charge in [0.15, 0.2) is 0 Å². The SMILES string of the molecule is CCN(CC)S(=O)(=O)N1CCO[C@@H]2CCCC[C@H]21. The van der Waals surface area contributed by atoms with E-state index in [1.165, 1.54) is 0 Å². The maximum Gasteiger partial charge on any atom is 0.282 e. The van der Waals surface area contributed by atoms with Gasteiger partial charge in [-0.15, -0.1) is 0 Å². The number of ether oxygens (including phenoxy) is 1. The van der Waals surface area contributed by atoms with Gasteiger partial charge >= 0.3 is 0 Å². The van der Waals surface area contributed by atoms with E-state index in [4.69, 9.17) is 4.74 Å². The third-order valence-corrected chi connectivity index (χ3v) is 6.22. The Kier molecular flexibility index (Phi) is 4.64. The van der Waals surface area contributed by atoms with Crippen LogP contribution in [-0.4, -0.2) is 55.4 Å². The monoisotopic (exact) mass is 276 g/mol. The highest BCUT2D eigenvalue weighted by Crippen LogP contribution is 2.30. The Bertz CT molecular complexity index is 366. The van der Waals surface area contributed by atoms with Crippen LogP contribution in [0.2, 0.25) is 0 Å². The van der Waals surface area contributed by atoms with Crippen LogP contribution in [0.4, 0.5) is 0 Å². The molecule has 1 saturated heterocycles. The van der Waals surface area contributed by atoms with E-state index >= 15 is 0 Å². The van der Waals surface area contributed by atoms with Gasteiger partial charge in [0.1, 0.15) is 0 Å². The van der Waals surface area contributed by atoms with E-state index in [1.807, 2.05) is 13.8 Å². The fourth-order valence-electron chi connectivity index (χ4n) is 3.05. The predicted octanol–water partition coefficient (Wildman–Crippen LogP) is 1.22. The second-order valence-electron chi connectivity index (χ2n) is 4.96. The summed E-state index contributed by atoms with van der Waals surface area (Å²) in [4.78, 5) is 0. The number of fused-ring (bicyclic) bond motifs is 1. The Morgan fingerprint density at radius 2 is 1.89 bits per heavy atom. The zero-order chi connectivity index (χ0) is 13.2. The highest BCUT2D eigenvalue weighted by molar-refractivity contribution is 7.86. The molecule has 2 rings (SSSR count). The van der Waals surface area contributed by atoms with Crippen molar-refractivity contribution in [2.24, 2.45) is 0 Å². The van der Waals surface area contributed by atoms with E-state index in [2.05, 4.69) is 0 Å². The van der Waals surface area contributed by atoms with Gasteiger partial charge in [0.05, 0.1) is 18.8 Å². The molecule has 18 heavy (non-hydrogen) atoms. The van der Waals surface area contributed by atoms with Crippen molar-refractivity contribution < 1.29 is 13.2 Å². The first-order chi connectivity index (χ1) is 8.61. The summed E-state index contributed by atoms with van der Waals surface area (Å²) in [5.74, 6) is 0. The Balaban J connectivity index is 2.19. The highest BCUT2D eigenvalue weighted by Gasteiger charge is 2.41. The van der Waals surface area contributed by atoms with Crippen LogP contribution in [0.1, 0.15) is 39.5 Å². The Morgan fingerprint density at radius 1 is 1.22 bits per heavy atom. The largest absolute Gasteiger partial charge is 0.375 e. The van der Waals surface area contributed by atoms with Crippen LogP contribution < -0.4 is 0 Å². The van der Waals surface area contributed by atoms with Gasteiger partial charge in [0.25, 0.3) is 10.2 Å². The Labute approximate surface area is 110 Å². The normalized spacial score (nSPS) is 30.4. The van der Waals surface area contributed by atoms with Crippen LogP contribution in [0.25, 0.3) is 0 Å². The quantitative estimate of drug-likeness (QED) is 0.775. The first-order valence-electron chi connectivity index (χ1n) is 6.99. The molecule has 0 N–H and O–H groups in total. The second kappa shape index (κ2) is 5.86. The lowest BCUT2D eigenvalue weighted by molar-refractivity contribution is -0.0601. The first kappa shape index (κ1) is 14.2. The van der Waals surface area contributed by atoms with Gasteiger partial charge in [0.2, 0.25) is 0 Å². The van der Waals surface area contributed by atoms with Crippen molar-refractivity contribution in [2.45, 2.75) is 51.7 Å². The van der Waals surface area contributed by atoms with Crippen LogP contribution in [0.3, 0.4) is 0 Å². The second-order valence-corrected chi connectivity index (χ2v) is 6.84.